The van der Waals surface area contributed by atoms with E-state index in [-0.39, 0.29) is 12.2 Å². The lowest BCUT2D eigenvalue weighted by molar-refractivity contribution is 0.0515. The molecule has 0 aromatic rings. The van der Waals surface area contributed by atoms with E-state index in [4.69, 9.17) is 14.2 Å². The fourth-order valence-corrected chi connectivity index (χ4v) is 5.22. The van der Waals surface area contributed by atoms with E-state index in [2.05, 4.69) is 30.5 Å². The van der Waals surface area contributed by atoms with Crippen molar-refractivity contribution in [2.24, 2.45) is 0 Å². The normalized spacial score (nSPS) is 14.6. The number of carbonyl (C=O) groups is 3. The van der Waals surface area contributed by atoms with Crippen molar-refractivity contribution in [2.45, 2.75) is 137 Å². The number of nitrogens with zero attached hydrogens (tertiary/aromatic N) is 2. The highest BCUT2D eigenvalue weighted by Gasteiger charge is 2.18. The number of nitrogens with one attached hydrogen (secondary N) is 4. The number of piperazine rings is 1. The third-order valence-electron chi connectivity index (χ3n) is 6.99. The van der Waals surface area contributed by atoms with Gasteiger partial charge in [-0.15, -0.1) is 0 Å². The summed E-state index contributed by atoms with van der Waals surface area (Å²) in [7, 11) is -3.09. The summed E-state index contributed by atoms with van der Waals surface area (Å²) in [5.74, 6) is 0. The van der Waals surface area contributed by atoms with Crippen LogP contribution in [0.2, 0.25) is 0 Å². The van der Waals surface area contributed by atoms with E-state index in [1.807, 2.05) is 62.3 Å². The van der Waals surface area contributed by atoms with Crippen molar-refractivity contribution in [1.82, 2.24) is 30.5 Å². The Labute approximate surface area is 303 Å². The molecule has 1 saturated heterocycles. The number of rotatable bonds is 19. The Morgan fingerprint density at radius 1 is 0.500 bits per heavy atom. The molecule has 1 fully saturated rings. The van der Waals surface area contributed by atoms with E-state index in [1.165, 1.54) is 12.8 Å². The molecule has 0 spiro atoms. The molecule has 50 heavy (non-hydrogen) atoms. The van der Waals surface area contributed by atoms with Crippen LogP contribution in [0.15, 0.2) is 0 Å². The standard InChI is InChI=1S/C24H48N4O4.C11H24N2O4S/c1-23(2,3)31-21(29)25-13-9-7-11-15-27-17-19-28(20-18-27)16-12-8-10-14-26-22(30)32-24(4,5)6;1-11(2,3)17-10(14)12-8-6-5-7-9-13-18(4,15)16/h7-20H2,1-6H3,(H,25,29)(H,26,30);13H,5-9H2,1-4H3,(H,12,14). The molecule has 0 aromatic heterocycles. The molecule has 0 aromatic carbocycles. The van der Waals surface area contributed by atoms with Crippen molar-refractivity contribution >= 4 is 28.3 Å². The summed E-state index contributed by atoms with van der Waals surface area (Å²) in [6, 6.07) is 0. The van der Waals surface area contributed by atoms with Crippen LogP contribution in [0.5, 0.6) is 0 Å². The van der Waals surface area contributed by atoms with Crippen LogP contribution in [-0.4, -0.2) is 125 Å². The largest absolute Gasteiger partial charge is 0.444 e. The first-order valence-electron chi connectivity index (χ1n) is 18.3. The lowest BCUT2D eigenvalue weighted by atomic mass is 10.2. The molecule has 1 heterocycles. The molecule has 4 N–H and O–H groups in total. The number of amides is 3. The van der Waals surface area contributed by atoms with E-state index in [9.17, 15) is 22.8 Å². The van der Waals surface area contributed by atoms with Gasteiger partial charge in [-0.25, -0.2) is 27.5 Å². The Bertz CT molecular complexity index is 999. The Balaban J connectivity index is 0.00000113. The topological polar surface area (TPSA) is 168 Å². The molecule has 296 valence electrons. The van der Waals surface area contributed by atoms with Gasteiger partial charge < -0.3 is 40.0 Å². The molecule has 1 rings (SSSR count). The van der Waals surface area contributed by atoms with E-state index in [0.29, 0.717) is 26.2 Å². The second-order valence-electron chi connectivity index (χ2n) is 15.8. The second-order valence-corrected chi connectivity index (χ2v) is 17.7. The van der Waals surface area contributed by atoms with E-state index in [0.717, 1.165) is 90.5 Å². The van der Waals surface area contributed by atoms with Gasteiger partial charge in [-0.2, -0.15) is 0 Å². The van der Waals surface area contributed by atoms with Gasteiger partial charge in [0.2, 0.25) is 10.0 Å². The fraction of sp³-hybridized carbons (Fsp3) is 0.914. The van der Waals surface area contributed by atoms with Crippen molar-refractivity contribution in [3.05, 3.63) is 0 Å². The highest BCUT2D eigenvalue weighted by Crippen LogP contribution is 2.10. The van der Waals surface area contributed by atoms with Gasteiger partial charge in [-0.3, -0.25) is 0 Å². The maximum atomic E-state index is 11.6. The third-order valence-corrected chi connectivity index (χ3v) is 7.72. The van der Waals surface area contributed by atoms with Gasteiger partial charge in [0.15, 0.2) is 0 Å². The molecule has 0 unspecified atom stereocenters. The quantitative estimate of drug-likeness (QED) is 0.102. The van der Waals surface area contributed by atoms with Crippen molar-refractivity contribution in [2.75, 3.05) is 71.7 Å². The molecule has 1 aliphatic heterocycles. The van der Waals surface area contributed by atoms with E-state index < -0.39 is 32.9 Å². The van der Waals surface area contributed by atoms with Gasteiger partial charge in [0.1, 0.15) is 16.8 Å². The molecule has 0 aliphatic carbocycles. The predicted octanol–water partition coefficient (Wildman–Crippen LogP) is 5.22. The second kappa shape index (κ2) is 24.8. The van der Waals surface area contributed by atoms with E-state index >= 15 is 0 Å². The molecule has 3 amide bonds. The van der Waals surface area contributed by atoms with Crippen LogP contribution in [0, 0.1) is 0 Å². The van der Waals surface area contributed by atoms with Gasteiger partial charge in [-0.05, 0) is 114 Å². The number of unbranched alkanes of at least 4 members (excludes halogenated alkanes) is 6. The Kier molecular flexibility index (Phi) is 23.6. The van der Waals surface area contributed by atoms with Gasteiger partial charge in [0, 0.05) is 52.4 Å². The summed E-state index contributed by atoms with van der Waals surface area (Å²) in [5, 5.41) is 8.29. The first kappa shape index (κ1) is 47.6. The summed E-state index contributed by atoms with van der Waals surface area (Å²) >= 11 is 0. The van der Waals surface area contributed by atoms with Crippen LogP contribution < -0.4 is 20.7 Å². The minimum Gasteiger partial charge on any atom is -0.444 e. The molecule has 0 saturated carbocycles. The molecule has 1 aliphatic rings. The number of alkyl carbamates (subject to hydrolysis) is 3. The van der Waals surface area contributed by atoms with Gasteiger partial charge in [0.25, 0.3) is 0 Å². The summed E-state index contributed by atoms with van der Waals surface area (Å²) in [4.78, 5) is 39.5. The molecule has 0 radical (unpaired) electrons. The van der Waals surface area contributed by atoms with Crippen molar-refractivity contribution in [3.8, 4) is 0 Å². The monoisotopic (exact) mass is 737 g/mol. The first-order valence-corrected chi connectivity index (χ1v) is 20.2. The maximum Gasteiger partial charge on any atom is 0.407 e. The summed E-state index contributed by atoms with van der Waals surface area (Å²) in [6.07, 6.45) is 9.01. The summed E-state index contributed by atoms with van der Waals surface area (Å²) < 4.78 is 39.5. The summed E-state index contributed by atoms with van der Waals surface area (Å²) in [6.45, 7) is 25.8. The Hall–Kier alpha value is -2.36. The van der Waals surface area contributed by atoms with Crippen molar-refractivity contribution in [1.29, 1.82) is 0 Å². The minimum atomic E-state index is -3.09. The lowest BCUT2D eigenvalue weighted by Crippen LogP contribution is -2.46. The molecule has 0 atom stereocenters. The van der Waals surface area contributed by atoms with Crippen LogP contribution in [0.25, 0.3) is 0 Å². The molecule has 15 heteroatoms. The highest BCUT2D eigenvalue weighted by molar-refractivity contribution is 7.88. The van der Waals surface area contributed by atoms with E-state index in [1.54, 1.807) is 0 Å². The van der Waals surface area contributed by atoms with Crippen LogP contribution in [0.1, 0.15) is 120 Å². The third kappa shape index (κ3) is 34.1. The van der Waals surface area contributed by atoms with Crippen LogP contribution >= 0.6 is 0 Å². The Morgan fingerprint density at radius 2 is 0.780 bits per heavy atom. The average Bonchev–Trinajstić information content (AvgIpc) is 2.94. The molecular formula is C35H72N6O8S. The summed E-state index contributed by atoms with van der Waals surface area (Å²) in [5.41, 5.74) is -1.36. The van der Waals surface area contributed by atoms with Gasteiger partial charge in [0.05, 0.1) is 6.26 Å². The minimum absolute atomic E-state index is 0.326. The van der Waals surface area contributed by atoms with Gasteiger partial charge >= 0.3 is 18.3 Å². The van der Waals surface area contributed by atoms with Crippen LogP contribution in [0.4, 0.5) is 14.4 Å². The zero-order valence-corrected chi connectivity index (χ0v) is 33.8. The number of ether oxygens (including phenoxy) is 3. The first-order chi connectivity index (χ1) is 23.0. The predicted molar refractivity (Wildman–Crippen MR) is 200 cm³/mol. The number of hydrogen-bond acceptors (Lipinski definition) is 10. The van der Waals surface area contributed by atoms with Crippen molar-refractivity contribution < 1.29 is 37.0 Å². The lowest BCUT2D eigenvalue weighted by Gasteiger charge is -2.34. The maximum absolute atomic E-state index is 11.6. The number of hydrogen-bond donors (Lipinski definition) is 4. The van der Waals surface area contributed by atoms with Crippen LogP contribution in [-0.2, 0) is 24.2 Å². The molecular weight excluding hydrogens is 664 g/mol. The SMILES string of the molecule is CC(C)(C)OC(=O)NCCCCCN1CCN(CCCCCNC(=O)OC(C)(C)C)CC1.CC(C)(C)OC(=O)NCCCCCNS(C)(=O)=O. The fourth-order valence-electron chi connectivity index (χ4n) is 4.71. The Morgan fingerprint density at radius 3 is 1.06 bits per heavy atom. The number of sulfonamides is 1. The molecule has 0 bridgehead atoms. The van der Waals surface area contributed by atoms with Crippen molar-refractivity contribution in [3.63, 3.8) is 0 Å². The zero-order chi connectivity index (χ0) is 38.3. The number of carbonyl (C=O) groups excluding carboxylic acids is 3. The smallest absolute Gasteiger partial charge is 0.407 e. The molecule has 14 nitrogen and oxygen atoms in total. The van der Waals surface area contributed by atoms with Crippen LogP contribution in [0.3, 0.4) is 0 Å². The zero-order valence-electron chi connectivity index (χ0n) is 33.0. The van der Waals surface area contributed by atoms with Gasteiger partial charge in [-0.1, -0.05) is 19.3 Å². The average molecular weight is 737 g/mol. The highest BCUT2D eigenvalue weighted by atomic mass is 32.2.